The summed E-state index contributed by atoms with van der Waals surface area (Å²) in [6.45, 7) is 0. The van der Waals surface area contributed by atoms with Gasteiger partial charge in [0.1, 0.15) is 24.3 Å². The Kier molecular flexibility index (Phi) is 2.77. The van der Waals surface area contributed by atoms with Crippen LogP contribution in [-0.4, -0.2) is 20.9 Å². The lowest BCUT2D eigenvalue weighted by atomic mass is 9.77. The summed E-state index contributed by atoms with van der Waals surface area (Å²) in [5.74, 6) is 0. The molecule has 8 nitrogen and oxygen atoms in total. The van der Waals surface area contributed by atoms with Crippen molar-refractivity contribution in [3.8, 4) is 36.7 Å². The molecule has 0 aromatic heterocycles. The first-order valence-electron chi connectivity index (χ1n) is 4.34. The molecule has 0 atom stereocenters. The maximum absolute atomic E-state index is 9.12. The number of hydrogen-bond acceptors (Lipinski definition) is 8. The molecule has 1 heterocycles. The van der Waals surface area contributed by atoms with Gasteiger partial charge in [0.2, 0.25) is 0 Å². The van der Waals surface area contributed by atoms with Gasteiger partial charge >= 0.3 is 0 Å². The van der Waals surface area contributed by atoms with E-state index >= 15 is 0 Å². The van der Waals surface area contributed by atoms with Crippen molar-refractivity contribution in [3.05, 3.63) is 12.4 Å². The Labute approximate surface area is 102 Å². The number of rotatable bonds is 0. The van der Waals surface area contributed by atoms with E-state index in [1.165, 1.54) is 36.7 Å². The maximum Gasteiger partial charge on any atom is 0.278 e. The van der Waals surface area contributed by atoms with Crippen molar-refractivity contribution in [2.24, 2.45) is 0 Å². The molecule has 0 aliphatic carbocycles. The minimum atomic E-state index is -2.41. The fraction of sp³-hybridized carbons (Fsp3) is 0.200. The Morgan fingerprint density at radius 1 is 0.611 bits per heavy atom. The Bertz CT molecular complexity index is 561. The zero-order chi connectivity index (χ0) is 13.8. The van der Waals surface area contributed by atoms with Crippen molar-refractivity contribution in [3.63, 3.8) is 0 Å². The lowest BCUT2D eigenvalue weighted by molar-refractivity contribution is 0.169. The molecule has 0 aromatic rings. The van der Waals surface area contributed by atoms with Gasteiger partial charge in [0, 0.05) is 12.4 Å². The van der Waals surface area contributed by atoms with Crippen molar-refractivity contribution in [2.45, 2.75) is 11.1 Å². The number of nitriles is 6. The highest BCUT2D eigenvalue weighted by atomic mass is 15.3. The summed E-state index contributed by atoms with van der Waals surface area (Å²) in [6, 6.07) is 5.91. The summed E-state index contributed by atoms with van der Waals surface area (Å²) >= 11 is 0. The van der Waals surface area contributed by atoms with Crippen molar-refractivity contribution in [2.75, 3.05) is 0 Å². The van der Waals surface area contributed by atoms with E-state index in [0.717, 1.165) is 12.4 Å². The lowest BCUT2D eigenvalue weighted by Crippen LogP contribution is -2.66. The van der Waals surface area contributed by atoms with Crippen LogP contribution in [0.1, 0.15) is 0 Å². The summed E-state index contributed by atoms with van der Waals surface area (Å²) in [5, 5.41) is 54.2. The summed E-state index contributed by atoms with van der Waals surface area (Å²) in [7, 11) is 0. The van der Waals surface area contributed by atoms with Crippen molar-refractivity contribution in [1.82, 2.24) is 9.80 Å². The van der Waals surface area contributed by atoms with Gasteiger partial charge in [-0.3, -0.25) is 0 Å². The Balaban J connectivity index is 3.80. The van der Waals surface area contributed by atoms with Gasteiger partial charge in [-0.2, -0.15) is 31.6 Å². The monoisotopic (exact) mass is 234 g/mol. The van der Waals surface area contributed by atoms with Gasteiger partial charge in [0.25, 0.3) is 11.1 Å². The Morgan fingerprint density at radius 2 is 0.889 bits per heavy atom. The van der Waals surface area contributed by atoms with Gasteiger partial charge in [-0.25, -0.2) is 9.80 Å². The second-order valence-corrected chi connectivity index (χ2v) is 3.11. The Hall–Kier alpha value is -3.72. The molecule has 0 fully saturated rings. The highest BCUT2D eigenvalue weighted by molar-refractivity contribution is 5.51. The molecule has 0 N–H and O–H groups in total. The molecule has 0 saturated heterocycles. The van der Waals surface area contributed by atoms with E-state index in [1.54, 1.807) is 0 Å². The highest BCUT2D eigenvalue weighted by Crippen LogP contribution is 2.36. The second kappa shape index (κ2) is 4.03. The van der Waals surface area contributed by atoms with Crippen LogP contribution in [-0.2, 0) is 0 Å². The zero-order valence-electron chi connectivity index (χ0n) is 8.73. The van der Waals surface area contributed by atoms with E-state index in [0.29, 0.717) is 9.80 Å². The van der Waals surface area contributed by atoms with Crippen LogP contribution in [0.2, 0.25) is 0 Å². The Morgan fingerprint density at radius 3 is 1.06 bits per heavy atom. The third-order valence-corrected chi connectivity index (χ3v) is 2.47. The summed E-state index contributed by atoms with van der Waals surface area (Å²) < 4.78 is 0. The maximum atomic E-state index is 9.12. The van der Waals surface area contributed by atoms with E-state index < -0.39 is 11.1 Å². The number of hydrogen-bond donors (Lipinski definition) is 0. The van der Waals surface area contributed by atoms with Gasteiger partial charge in [-0.15, -0.1) is 0 Å². The molecule has 18 heavy (non-hydrogen) atoms. The van der Waals surface area contributed by atoms with Crippen molar-refractivity contribution < 1.29 is 0 Å². The third kappa shape index (κ3) is 1.07. The first kappa shape index (κ1) is 12.4. The normalized spacial score (nSPS) is 18.1. The zero-order valence-corrected chi connectivity index (χ0v) is 8.73. The summed E-state index contributed by atoms with van der Waals surface area (Å²) in [5.41, 5.74) is -4.81. The molecular formula is C10H2N8. The molecule has 0 amide bonds. The van der Waals surface area contributed by atoms with E-state index in [4.69, 9.17) is 31.6 Å². The molecule has 8 heteroatoms. The second-order valence-electron chi connectivity index (χ2n) is 3.11. The molecule has 82 valence electrons. The molecule has 1 aliphatic rings. The lowest BCUT2D eigenvalue weighted by Gasteiger charge is -2.41. The molecule has 1 rings (SSSR count). The minimum absolute atomic E-state index is 0.577. The molecule has 0 aromatic carbocycles. The highest BCUT2D eigenvalue weighted by Gasteiger charge is 2.64. The van der Waals surface area contributed by atoms with E-state index in [-0.39, 0.29) is 0 Å². The van der Waals surface area contributed by atoms with Crippen LogP contribution in [0.4, 0.5) is 0 Å². The SMILES string of the molecule is N#CN1C=CN(C#N)C(C#N)(C#N)C1(C#N)C#N. The minimum Gasteiger partial charge on any atom is -0.248 e. The van der Waals surface area contributed by atoms with Crippen LogP contribution in [0.15, 0.2) is 12.4 Å². The predicted molar refractivity (Wildman–Crippen MR) is 52.0 cm³/mol. The van der Waals surface area contributed by atoms with E-state index in [9.17, 15) is 0 Å². The van der Waals surface area contributed by atoms with Gasteiger partial charge in [-0.1, -0.05) is 0 Å². The smallest absolute Gasteiger partial charge is 0.248 e. The average Bonchev–Trinajstić information content (AvgIpc) is 2.44. The molecule has 0 radical (unpaired) electrons. The summed E-state index contributed by atoms with van der Waals surface area (Å²) in [4.78, 5) is 1.15. The van der Waals surface area contributed by atoms with E-state index in [2.05, 4.69) is 0 Å². The van der Waals surface area contributed by atoms with Crippen LogP contribution in [0.25, 0.3) is 0 Å². The first-order valence-corrected chi connectivity index (χ1v) is 4.34. The molecule has 1 aliphatic heterocycles. The fourth-order valence-corrected chi connectivity index (χ4v) is 1.51. The fourth-order valence-electron chi connectivity index (χ4n) is 1.51. The van der Waals surface area contributed by atoms with Crippen molar-refractivity contribution in [1.29, 1.82) is 31.6 Å². The van der Waals surface area contributed by atoms with Gasteiger partial charge in [0.15, 0.2) is 12.4 Å². The quantitative estimate of drug-likeness (QED) is 0.514. The molecular weight excluding hydrogens is 232 g/mol. The topological polar surface area (TPSA) is 149 Å². The van der Waals surface area contributed by atoms with Gasteiger partial charge < -0.3 is 0 Å². The largest absolute Gasteiger partial charge is 0.278 e. The van der Waals surface area contributed by atoms with Crippen LogP contribution < -0.4 is 0 Å². The van der Waals surface area contributed by atoms with E-state index in [1.807, 2.05) is 0 Å². The molecule has 0 unspecified atom stereocenters. The molecule has 0 spiro atoms. The molecule has 0 bridgehead atoms. The predicted octanol–water partition coefficient (Wildman–Crippen LogP) is -0.391. The number of nitrogens with zero attached hydrogens (tertiary/aromatic N) is 8. The van der Waals surface area contributed by atoms with Gasteiger partial charge in [-0.05, 0) is 0 Å². The first-order chi connectivity index (χ1) is 8.62. The van der Waals surface area contributed by atoms with Crippen LogP contribution in [0.3, 0.4) is 0 Å². The average molecular weight is 234 g/mol. The standard InChI is InChI=1S/C10H2N8/c11-3-9(4-12)10(5-13,6-14)18(8-16)2-1-17(9)7-15/h1-2H. The third-order valence-electron chi connectivity index (χ3n) is 2.47. The van der Waals surface area contributed by atoms with Crippen LogP contribution >= 0.6 is 0 Å². The van der Waals surface area contributed by atoms with Gasteiger partial charge in [0.05, 0.1) is 0 Å². The molecule has 0 saturated carbocycles. The van der Waals surface area contributed by atoms with Crippen molar-refractivity contribution >= 4 is 0 Å². The summed E-state index contributed by atoms with van der Waals surface area (Å²) in [6.07, 6.45) is 5.03. The van der Waals surface area contributed by atoms with Crippen LogP contribution in [0.5, 0.6) is 0 Å². The van der Waals surface area contributed by atoms with Crippen LogP contribution in [0, 0.1) is 68.2 Å².